The average Bonchev–Trinajstić information content (AvgIpc) is 2.67. The molecule has 4 heteroatoms. The number of hydrogen-bond acceptors (Lipinski definition) is 4. The van der Waals surface area contributed by atoms with Gasteiger partial charge < -0.3 is 15.4 Å². The van der Waals surface area contributed by atoms with Gasteiger partial charge in [-0.1, -0.05) is 39.0 Å². The van der Waals surface area contributed by atoms with E-state index in [4.69, 9.17) is 4.74 Å². The summed E-state index contributed by atoms with van der Waals surface area (Å²) in [5, 5.41) is 7.07. The van der Waals surface area contributed by atoms with Crippen molar-refractivity contribution < 1.29 is 4.74 Å². The van der Waals surface area contributed by atoms with Gasteiger partial charge in [-0.15, -0.1) is 0 Å². The van der Waals surface area contributed by atoms with Crippen LogP contribution in [0, 0.1) is 0 Å². The van der Waals surface area contributed by atoms with Crippen molar-refractivity contribution in [1.82, 2.24) is 10.2 Å². The Hall–Kier alpha value is -2.04. The van der Waals surface area contributed by atoms with Crippen LogP contribution in [0.5, 0.6) is 5.75 Å². The van der Waals surface area contributed by atoms with Gasteiger partial charge in [-0.25, -0.2) is 0 Å². The maximum absolute atomic E-state index is 5.83. The van der Waals surface area contributed by atoms with Crippen molar-refractivity contribution in [1.29, 1.82) is 0 Å². The lowest BCUT2D eigenvalue weighted by Crippen LogP contribution is -2.42. The van der Waals surface area contributed by atoms with Crippen LogP contribution >= 0.6 is 0 Å². The largest absolute Gasteiger partial charge is 0.494 e. The highest BCUT2D eigenvalue weighted by Gasteiger charge is 2.33. The van der Waals surface area contributed by atoms with Crippen LogP contribution in [0.2, 0.25) is 0 Å². The Balaban J connectivity index is 1.61. The van der Waals surface area contributed by atoms with Gasteiger partial charge in [0.2, 0.25) is 0 Å². The number of ether oxygens (including phenoxy) is 1. The predicted molar refractivity (Wildman–Crippen MR) is 112 cm³/mol. The Morgan fingerprint density at radius 1 is 1.00 bits per heavy atom. The number of nitrogens with one attached hydrogen (secondary N) is 2. The summed E-state index contributed by atoms with van der Waals surface area (Å²) in [5.74, 6) is 0.942. The zero-order valence-electron chi connectivity index (χ0n) is 16.8. The third kappa shape index (κ3) is 3.69. The lowest BCUT2D eigenvalue weighted by molar-refractivity contribution is 0.233. The number of nitrogens with zero attached hydrogens (tertiary/aromatic N) is 1. The van der Waals surface area contributed by atoms with Crippen molar-refractivity contribution in [2.45, 2.75) is 39.2 Å². The normalized spacial score (nSPS) is 18.3. The lowest BCUT2D eigenvalue weighted by Gasteiger charge is -2.36. The summed E-state index contributed by atoms with van der Waals surface area (Å²) < 4.78 is 5.83. The number of rotatable bonds is 5. The minimum Gasteiger partial charge on any atom is -0.494 e. The molecule has 144 valence electrons. The fraction of sp³-hybridized carbons (Fsp3) is 0.478. The molecule has 0 bridgehead atoms. The molecule has 1 saturated heterocycles. The van der Waals surface area contributed by atoms with Gasteiger partial charge in [0, 0.05) is 55.6 Å². The summed E-state index contributed by atoms with van der Waals surface area (Å²) in [6, 6.07) is 13.4. The van der Waals surface area contributed by atoms with Crippen molar-refractivity contribution >= 4 is 11.4 Å². The molecular formula is C23H31N3O. The van der Waals surface area contributed by atoms with Crippen LogP contribution in [0.1, 0.15) is 43.9 Å². The molecule has 2 N–H and O–H groups in total. The average molecular weight is 366 g/mol. The summed E-state index contributed by atoms with van der Waals surface area (Å²) in [6.07, 6.45) is 1.02. The molecule has 2 heterocycles. The molecule has 0 spiro atoms. The number of hydrogen-bond donors (Lipinski definition) is 2. The standard InChI is InChI=1S/C23H31N3O/c1-4-13-27-18-6-7-19-22(15-18)25-21-8-5-17(14-20(21)23(19,2)3)16-26-11-9-24-10-12-26/h5-8,14-15,24-25H,4,9-13,16H2,1-3H3. The van der Waals surface area contributed by atoms with Crippen LogP contribution in [0.4, 0.5) is 11.4 Å². The van der Waals surface area contributed by atoms with Crippen LogP contribution in [0.15, 0.2) is 36.4 Å². The highest BCUT2D eigenvalue weighted by molar-refractivity contribution is 5.76. The van der Waals surface area contributed by atoms with Gasteiger partial charge in [-0.3, -0.25) is 4.90 Å². The summed E-state index contributed by atoms with van der Waals surface area (Å²) in [6.45, 7) is 13.0. The topological polar surface area (TPSA) is 36.5 Å². The Bertz CT molecular complexity index is 809. The highest BCUT2D eigenvalue weighted by atomic mass is 16.5. The molecule has 0 aliphatic carbocycles. The Labute approximate surface area is 162 Å². The highest BCUT2D eigenvalue weighted by Crippen LogP contribution is 2.46. The van der Waals surface area contributed by atoms with E-state index in [2.05, 4.69) is 72.7 Å². The molecule has 2 aromatic rings. The first-order chi connectivity index (χ1) is 13.1. The Morgan fingerprint density at radius 2 is 1.81 bits per heavy atom. The molecule has 0 aromatic heterocycles. The molecule has 4 nitrogen and oxygen atoms in total. The summed E-state index contributed by atoms with van der Waals surface area (Å²) in [7, 11) is 0. The first-order valence-electron chi connectivity index (χ1n) is 10.2. The monoisotopic (exact) mass is 365 g/mol. The van der Waals surface area contributed by atoms with Gasteiger partial charge in [0.1, 0.15) is 5.75 Å². The van der Waals surface area contributed by atoms with Gasteiger partial charge >= 0.3 is 0 Å². The molecule has 1 fully saturated rings. The first kappa shape index (κ1) is 18.3. The van der Waals surface area contributed by atoms with Crippen molar-refractivity contribution in [2.24, 2.45) is 0 Å². The molecule has 2 aliphatic rings. The zero-order chi connectivity index (χ0) is 18.9. The van der Waals surface area contributed by atoms with Gasteiger partial charge in [0.05, 0.1) is 6.61 Å². The number of benzene rings is 2. The maximum atomic E-state index is 5.83. The molecule has 4 rings (SSSR count). The third-order valence-electron chi connectivity index (χ3n) is 5.78. The van der Waals surface area contributed by atoms with E-state index >= 15 is 0 Å². The molecule has 2 aromatic carbocycles. The molecule has 0 atom stereocenters. The van der Waals surface area contributed by atoms with E-state index in [1.54, 1.807) is 0 Å². The van der Waals surface area contributed by atoms with Crippen LogP contribution in [0.3, 0.4) is 0 Å². The summed E-state index contributed by atoms with van der Waals surface area (Å²) >= 11 is 0. The summed E-state index contributed by atoms with van der Waals surface area (Å²) in [4.78, 5) is 2.53. The molecular weight excluding hydrogens is 334 g/mol. The van der Waals surface area contributed by atoms with E-state index < -0.39 is 0 Å². The van der Waals surface area contributed by atoms with E-state index in [0.29, 0.717) is 0 Å². The Kier molecular flexibility index (Phi) is 5.11. The van der Waals surface area contributed by atoms with E-state index in [1.807, 2.05) is 0 Å². The van der Waals surface area contributed by atoms with Gasteiger partial charge in [-0.05, 0) is 35.2 Å². The van der Waals surface area contributed by atoms with Gasteiger partial charge in [0.15, 0.2) is 0 Å². The predicted octanol–water partition coefficient (Wildman–Crippen LogP) is 4.26. The number of anilines is 2. The lowest BCUT2D eigenvalue weighted by atomic mass is 9.74. The molecule has 0 radical (unpaired) electrons. The molecule has 2 aliphatic heterocycles. The van der Waals surface area contributed by atoms with E-state index in [1.165, 1.54) is 22.4 Å². The zero-order valence-corrected chi connectivity index (χ0v) is 16.8. The SMILES string of the molecule is CCCOc1ccc2c(c1)Nc1ccc(CN3CCNCC3)cc1C2(C)C. The maximum Gasteiger partial charge on any atom is 0.121 e. The minimum atomic E-state index is -0.0291. The molecule has 0 saturated carbocycles. The molecule has 27 heavy (non-hydrogen) atoms. The van der Waals surface area contributed by atoms with Crippen molar-refractivity contribution in [3.8, 4) is 5.75 Å². The molecule has 0 amide bonds. The van der Waals surface area contributed by atoms with Crippen molar-refractivity contribution in [2.75, 3.05) is 38.1 Å². The van der Waals surface area contributed by atoms with E-state index in [-0.39, 0.29) is 5.41 Å². The third-order valence-corrected chi connectivity index (χ3v) is 5.78. The second-order valence-corrected chi connectivity index (χ2v) is 8.21. The second kappa shape index (κ2) is 7.53. The van der Waals surface area contributed by atoms with Crippen molar-refractivity contribution in [3.63, 3.8) is 0 Å². The van der Waals surface area contributed by atoms with Crippen LogP contribution in [-0.2, 0) is 12.0 Å². The van der Waals surface area contributed by atoms with Gasteiger partial charge in [-0.2, -0.15) is 0 Å². The van der Waals surface area contributed by atoms with Crippen molar-refractivity contribution in [3.05, 3.63) is 53.1 Å². The number of piperazine rings is 1. The minimum absolute atomic E-state index is 0.0291. The van der Waals surface area contributed by atoms with Crippen LogP contribution in [0.25, 0.3) is 0 Å². The van der Waals surface area contributed by atoms with Gasteiger partial charge in [0.25, 0.3) is 0 Å². The fourth-order valence-corrected chi connectivity index (χ4v) is 4.21. The second-order valence-electron chi connectivity index (χ2n) is 8.21. The van der Waals surface area contributed by atoms with Crippen LogP contribution in [-0.4, -0.2) is 37.7 Å². The quantitative estimate of drug-likeness (QED) is 0.830. The van der Waals surface area contributed by atoms with E-state index in [9.17, 15) is 0 Å². The van der Waals surface area contributed by atoms with Crippen LogP contribution < -0.4 is 15.4 Å². The number of fused-ring (bicyclic) bond motifs is 2. The fourth-order valence-electron chi connectivity index (χ4n) is 4.21. The van der Waals surface area contributed by atoms with E-state index in [0.717, 1.165) is 57.2 Å². The molecule has 0 unspecified atom stereocenters. The smallest absolute Gasteiger partial charge is 0.121 e. The first-order valence-corrected chi connectivity index (χ1v) is 10.2. The Morgan fingerprint density at radius 3 is 2.59 bits per heavy atom. The summed E-state index contributed by atoms with van der Waals surface area (Å²) in [5.41, 5.74) is 6.46.